The molecule has 3 heterocycles. The van der Waals surface area contributed by atoms with Crippen LogP contribution < -0.4 is 10.2 Å². The molecule has 3 aromatic rings. The first-order valence-corrected chi connectivity index (χ1v) is 9.76. The van der Waals surface area contributed by atoms with Crippen LogP contribution in [0.25, 0.3) is 11.3 Å². The molecule has 1 aliphatic heterocycles. The fourth-order valence-corrected chi connectivity index (χ4v) is 3.57. The third kappa shape index (κ3) is 4.62. The number of piperidine rings is 1. The predicted molar refractivity (Wildman–Crippen MR) is 108 cm³/mol. The van der Waals surface area contributed by atoms with Crippen LogP contribution in [0.4, 0.5) is 10.2 Å². The van der Waals surface area contributed by atoms with Gasteiger partial charge in [0, 0.05) is 24.6 Å². The lowest BCUT2D eigenvalue weighted by atomic mass is 9.96. The number of hydrogen-bond donors (Lipinski definition) is 1. The van der Waals surface area contributed by atoms with Crippen LogP contribution in [-0.4, -0.2) is 29.2 Å². The molecule has 1 aliphatic rings. The highest BCUT2D eigenvalue weighted by molar-refractivity contribution is 5.78. The van der Waals surface area contributed by atoms with E-state index < -0.39 is 0 Å². The Labute approximate surface area is 168 Å². The first-order valence-electron chi connectivity index (χ1n) is 9.76. The minimum atomic E-state index is -0.295. The Bertz CT molecular complexity index is 978. The maximum absolute atomic E-state index is 13.4. The normalized spacial score (nSPS) is 14.8. The second-order valence-electron chi connectivity index (χ2n) is 7.28. The van der Waals surface area contributed by atoms with E-state index in [0.29, 0.717) is 17.8 Å². The first-order chi connectivity index (χ1) is 14.1. The molecular formula is C22H23FN4O2. The van der Waals surface area contributed by atoms with Crippen LogP contribution >= 0.6 is 0 Å². The summed E-state index contributed by atoms with van der Waals surface area (Å²) in [7, 11) is 0. The van der Waals surface area contributed by atoms with Crippen molar-refractivity contribution in [2.24, 2.45) is 5.92 Å². The number of aryl methyl sites for hydroxylation is 1. The number of nitrogens with zero attached hydrogens (tertiary/aromatic N) is 3. The van der Waals surface area contributed by atoms with E-state index in [4.69, 9.17) is 4.42 Å². The molecule has 29 heavy (non-hydrogen) atoms. The highest BCUT2D eigenvalue weighted by Crippen LogP contribution is 2.24. The summed E-state index contributed by atoms with van der Waals surface area (Å²) in [5, 5.41) is 11.5. The van der Waals surface area contributed by atoms with Crippen LogP contribution in [0.3, 0.4) is 0 Å². The van der Waals surface area contributed by atoms with Gasteiger partial charge in [0.25, 0.3) is 0 Å². The van der Waals surface area contributed by atoms with Crippen LogP contribution in [0.5, 0.6) is 0 Å². The second kappa shape index (κ2) is 8.43. The molecule has 150 valence electrons. The largest absolute Gasteiger partial charge is 0.465 e. The van der Waals surface area contributed by atoms with E-state index in [2.05, 4.69) is 20.4 Å². The molecule has 7 heteroatoms. The molecule has 1 N–H and O–H groups in total. The van der Waals surface area contributed by atoms with E-state index in [9.17, 15) is 9.18 Å². The molecule has 0 aliphatic carbocycles. The first kappa shape index (κ1) is 19.1. The van der Waals surface area contributed by atoms with Crippen molar-refractivity contribution < 1.29 is 13.6 Å². The van der Waals surface area contributed by atoms with Gasteiger partial charge in [0.05, 0.1) is 12.2 Å². The molecule has 0 unspecified atom stereocenters. The summed E-state index contributed by atoms with van der Waals surface area (Å²) >= 11 is 0. The number of carbonyl (C=O) groups excluding carboxylic acids is 1. The third-order valence-corrected chi connectivity index (χ3v) is 5.19. The van der Waals surface area contributed by atoms with Crippen LogP contribution in [-0.2, 0) is 11.3 Å². The lowest BCUT2D eigenvalue weighted by Crippen LogP contribution is -2.40. The molecule has 4 rings (SSSR count). The molecule has 2 aromatic heterocycles. The molecular weight excluding hydrogens is 371 g/mol. The van der Waals surface area contributed by atoms with E-state index in [1.165, 1.54) is 12.1 Å². The number of rotatable bonds is 5. The predicted octanol–water partition coefficient (Wildman–Crippen LogP) is 3.72. The average molecular weight is 394 g/mol. The van der Waals surface area contributed by atoms with Crippen LogP contribution in [0, 0.1) is 18.7 Å². The molecule has 0 bridgehead atoms. The molecule has 6 nitrogen and oxygen atoms in total. The second-order valence-corrected chi connectivity index (χ2v) is 7.28. The van der Waals surface area contributed by atoms with Crippen molar-refractivity contribution in [1.82, 2.24) is 15.5 Å². The summed E-state index contributed by atoms with van der Waals surface area (Å²) in [6.45, 7) is 3.78. The summed E-state index contributed by atoms with van der Waals surface area (Å²) in [5.41, 5.74) is 1.34. The van der Waals surface area contributed by atoms with Gasteiger partial charge in [0.15, 0.2) is 5.82 Å². The number of anilines is 1. The molecule has 0 spiro atoms. The lowest BCUT2D eigenvalue weighted by Gasteiger charge is -2.31. The van der Waals surface area contributed by atoms with Crippen LogP contribution in [0.15, 0.2) is 52.9 Å². The molecule has 1 fully saturated rings. The Balaban J connectivity index is 1.30. The third-order valence-electron chi connectivity index (χ3n) is 5.19. The van der Waals surface area contributed by atoms with Crippen molar-refractivity contribution in [3.8, 4) is 11.3 Å². The number of aromatic nitrogens is 2. The van der Waals surface area contributed by atoms with Gasteiger partial charge in [-0.15, -0.1) is 10.2 Å². The fourth-order valence-electron chi connectivity index (χ4n) is 3.57. The van der Waals surface area contributed by atoms with Gasteiger partial charge in [-0.1, -0.05) is 12.1 Å². The smallest absolute Gasteiger partial charge is 0.223 e. The number of benzene rings is 1. The van der Waals surface area contributed by atoms with Crippen molar-refractivity contribution in [2.75, 3.05) is 18.0 Å². The topological polar surface area (TPSA) is 71.3 Å². The van der Waals surface area contributed by atoms with E-state index in [1.54, 1.807) is 12.1 Å². The molecule has 0 atom stereocenters. The van der Waals surface area contributed by atoms with Crippen molar-refractivity contribution in [2.45, 2.75) is 26.3 Å². The highest BCUT2D eigenvalue weighted by atomic mass is 19.1. The Hall–Kier alpha value is -3.22. The SMILES string of the molecule is Cc1ccc(CNC(=O)C2CCN(c3ccc(-c4cccc(F)c4)nn3)CC2)o1. The average Bonchev–Trinajstić information content (AvgIpc) is 3.17. The van der Waals surface area contributed by atoms with Gasteiger partial charge in [0.2, 0.25) is 5.91 Å². The van der Waals surface area contributed by atoms with Gasteiger partial charge < -0.3 is 14.6 Å². The van der Waals surface area contributed by atoms with Crippen molar-refractivity contribution in [3.05, 3.63) is 65.9 Å². The van der Waals surface area contributed by atoms with Crippen molar-refractivity contribution in [3.63, 3.8) is 0 Å². The van der Waals surface area contributed by atoms with Crippen LogP contribution in [0.1, 0.15) is 24.4 Å². The van der Waals surface area contributed by atoms with Gasteiger partial charge in [0.1, 0.15) is 17.3 Å². The fraction of sp³-hybridized carbons (Fsp3) is 0.318. The number of halogens is 1. The maximum Gasteiger partial charge on any atom is 0.223 e. The Morgan fingerprint density at radius 1 is 1.17 bits per heavy atom. The van der Waals surface area contributed by atoms with Crippen molar-refractivity contribution in [1.29, 1.82) is 0 Å². The summed E-state index contributed by atoms with van der Waals surface area (Å²) in [4.78, 5) is 14.5. The summed E-state index contributed by atoms with van der Waals surface area (Å²) in [6.07, 6.45) is 1.52. The van der Waals surface area contributed by atoms with E-state index in [1.807, 2.05) is 31.2 Å². The molecule has 1 aromatic carbocycles. The van der Waals surface area contributed by atoms with Gasteiger partial charge in [-0.05, 0) is 56.2 Å². The maximum atomic E-state index is 13.4. The number of furan rings is 1. The van der Waals surface area contributed by atoms with E-state index in [-0.39, 0.29) is 17.6 Å². The van der Waals surface area contributed by atoms with E-state index >= 15 is 0 Å². The quantitative estimate of drug-likeness (QED) is 0.714. The van der Waals surface area contributed by atoms with Crippen molar-refractivity contribution >= 4 is 11.7 Å². The summed E-state index contributed by atoms with van der Waals surface area (Å²) < 4.78 is 18.9. The van der Waals surface area contributed by atoms with Gasteiger partial charge >= 0.3 is 0 Å². The zero-order valence-electron chi connectivity index (χ0n) is 16.3. The van der Waals surface area contributed by atoms with Crippen LogP contribution in [0.2, 0.25) is 0 Å². The van der Waals surface area contributed by atoms with E-state index in [0.717, 1.165) is 43.3 Å². The van der Waals surface area contributed by atoms with Gasteiger partial charge in [-0.3, -0.25) is 4.79 Å². The molecule has 1 saturated heterocycles. The zero-order valence-corrected chi connectivity index (χ0v) is 16.3. The molecule has 1 amide bonds. The Morgan fingerprint density at radius 3 is 2.66 bits per heavy atom. The lowest BCUT2D eigenvalue weighted by molar-refractivity contribution is -0.125. The zero-order chi connectivity index (χ0) is 20.2. The molecule has 0 saturated carbocycles. The Kier molecular flexibility index (Phi) is 5.55. The minimum Gasteiger partial charge on any atom is -0.465 e. The summed E-state index contributed by atoms with van der Waals surface area (Å²) in [5.74, 6) is 2.13. The highest BCUT2D eigenvalue weighted by Gasteiger charge is 2.25. The number of nitrogens with one attached hydrogen (secondary N) is 1. The number of hydrogen-bond acceptors (Lipinski definition) is 5. The number of carbonyl (C=O) groups is 1. The number of amides is 1. The monoisotopic (exact) mass is 394 g/mol. The van der Waals surface area contributed by atoms with Gasteiger partial charge in [-0.2, -0.15) is 0 Å². The standard InChI is InChI=1S/C22H23FN4O2/c1-15-5-6-19(29-15)14-24-22(28)16-9-11-27(12-10-16)21-8-7-20(25-26-21)17-3-2-4-18(23)13-17/h2-8,13,16H,9-12,14H2,1H3,(H,24,28). The molecule has 0 radical (unpaired) electrons. The Morgan fingerprint density at radius 2 is 2.00 bits per heavy atom. The summed E-state index contributed by atoms with van der Waals surface area (Å²) in [6, 6.07) is 13.8. The minimum absolute atomic E-state index is 0.0122. The van der Waals surface area contributed by atoms with Gasteiger partial charge in [-0.25, -0.2) is 4.39 Å².